The third-order valence-electron chi connectivity index (χ3n) is 3.75. The van der Waals surface area contributed by atoms with E-state index in [1.807, 2.05) is 30.3 Å². The lowest BCUT2D eigenvalue weighted by atomic mass is 10.2. The highest BCUT2D eigenvalue weighted by atomic mass is 16.5. The average Bonchev–Trinajstić information content (AvgIpc) is 2.72. The quantitative estimate of drug-likeness (QED) is 0.362. The topological polar surface area (TPSA) is 82.1 Å². The Labute approximate surface area is 161 Å². The summed E-state index contributed by atoms with van der Waals surface area (Å²) in [5.74, 6) is -0.612. The van der Waals surface area contributed by atoms with Crippen LogP contribution in [0.5, 0.6) is 17.2 Å². The molecule has 0 aliphatic heterocycles. The molecule has 0 fully saturated rings. The van der Waals surface area contributed by atoms with Gasteiger partial charge in [-0.3, -0.25) is 0 Å². The number of carbonyl (C=O) groups excluding carboxylic acids is 1. The van der Waals surface area contributed by atoms with Crippen molar-refractivity contribution in [2.45, 2.75) is 0 Å². The summed E-state index contributed by atoms with van der Waals surface area (Å²) in [4.78, 5) is 23.6. The van der Waals surface area contributed by atoms with Gasteiger partial charge in [0.05, 0.1) is 5.56 Å². The zero-order chi connectivity index (χ0) is 19.8. The highest BCUT2D eigenvalue weighted by Gasteiger charge is 2.15. The van der Waals surface area contributed by atoms with E-state index in [9.17, 15) is 14.7 Å². The summed E-state index contributed by atoms with van der Waals surface area (Å²) in [5.41, 5.74) is 0.169. The van der Waals surface area contributed by atoms with E-state index in [0.29, 0.717) is 19.0 Å². The van der Waals surface area contributed by atoms with Gasteiger partial charge in [-0.25, -0.2) is 9.59 Å². The van der Waals surface area contributed by atoms with E-state index in [0.717, 1.165) is 5.75 Å². The minimum atomic E-state index is -1.17. The standard InChI is InChI=1S/C22H18O6/c23-21(24)19-11-4-5-12-20(19)28-22(25)16-7-6-10-18(15-16)27-14-13-26-17-8-2-1-3-9-17/h1-12,15H,13-14H2,(H,23,24). The lowest BCUT2D eigenvalue weighted by Crippen LogP contribution is -2.12. The van der Waals surface area contributed by atoms with Crippen molar-refractivity contribution in [3.8, 4) is 17.2 Å². The number of para-hydroxylation sites is 2. The number of ether oxygens (including phenoxy) is 3. The average molecular weight is 378 g/mol. The molecule has 0 saturated carbocycles. The van der Waals surface area contributed by atoms with Crippen LogP contribution < -0.4 is 14.2 Å². The van der Waals surface area contributed by atoms with E-state index in [1.165, 1.54) is 18.2 Å². The Kier molecular flexibility index (Phi) is 6.25. The molecule has 3 aromatic rings. The SMILES string of the molecule is O=C(Oc1ccccc1C(=O)O)c1cccc(OCCOc2ccccc2)c1. The van der Waals surface area contributed by atoms with E-state index in [-0.39, 0.29) is 16.9 Å². The van der Waals surface area contributed by atoms with Crippen LogP contribution in [0, 0.1) is 0 Å². The Balaban J connectivity index is 1.58. The van der Waals surface area contributed by atoms with E-state index in [2.05, 4.69) is 0 Å². The van der Waals surface area contributed by atoms with Gasteiger partial charge in [0.1, 0.15) is 36.0 Å². The maximum Gasteiger partial charge on any atom is 0.343 e. The summed E-state index contributed by atoms with van der Waals surface area (Å²) in [7, 11) is 0. The van der Waals surface area contributed by atoms with Crippen LogP contribution >= 0.6 is 0 Å². The third-order valence-corrected chi connectivity index (χ3v) is 3.75. The van der Waals surface area contributed by atoms with Gasteiger partial charge in [-0.1, -0.05) is 36.4 Å². The summed E-state index contributed by atoms with van der Waals surface area (Å²) < 4.78 is 16.4. The molecule has 142 valence electrons. The van der Waals surface area contributed by atoms with Crippen LogP contribution in [-0.2, 0) is 0 Å². The molecular weight excluding hydrogens is 360 g/mol. The molecule has 0 radical (unpaired) electrons. The fraction of sp³-hybridized carbons (Fsp3) is 0.0909. The fourth-order valence-electron chi connectivity index (χ4n) is 2.44. The summed E-state index contributed by atoms with van der Waals surface area (Å²) in [6, 6.07) is 21.8. The molecule has 0 aliphatic rings. The molecule has 0 aliphatic carbocycles. The van der Waals surface area contributed by atoms with Crippen LogP contribution in [0.3, 0.4) is 0 Å². The Morgan fingerprint density at radius 3 is 2.14 bits per heavy atom. The Morgan fingerprint density at radius 2 is 1.39 bits per heavy atom. The van der Waals surface area contributed by atoms with Gasteiger partial charge in [0, 0.05) is 0 Å². The Morgan fingerprint density at radius 1 is 0.750 bits per heavy atom. The van der Waals surface area contributed by atoms with Gasteiger partial charge < -0.3 is 19.3 Å². The summed E-state index contributed by atoms with van der Waals surface area (Å²) in [6.07, 6.45) is 0. The summed E-state index contributed by atoms with van der Waals surface area (Å²) in [6.45, 7) is 0.653. The Bertz CT molecular complexity index is 952. The van der Waals surface area contributed by atoms with Crippen molar-refractivity contribution in [1.82, 2.24) is 0 Å². The van der Waals surface area contributed by atoms with Crippen LogP contribution in [0.25, 0.3) is 0 Å². The van der Waals surface area contributed by atoms with E-state index in [4.69, 9.17) is 14.2 Å². The van der Waals surface area contributed by atoms with Crippen molar-refractivity contribution in [2.24, 2.45) is 0 Å². The molecule has 28 heavy (non-hydrogen) atoms. The molecule has 0 aromatic heterocycles. The van der Waals surface area contributed by atoms with Gasteiger partial charge in [0.2, 0.25) is 0 Å². The molecule has 0 saturated heterocycles. The fourth-order valence-corrected chi connectivity index (χ4v) is 2.44. The molecule has 0 amide bonds. The van der Waals surface area contributed by atoms with Gasteiger partial charge >= 0.3 is 11.9 Å². The number of carbonyl (C=O) groups is 2. The number of carboxylic acid groups (broad SMARTS) is 1. The minimum Gasteiger partial charge on any atom is -0.490 e. The smallest absolute Gasteiger partial charge is 0.343 e. The number of benzene rings is 3. The van der Waals surface area contributed by atoms with Crippen molar-refractivity contribution in [1.29, 1.82) is 0 Å². The van der Waals surface area contributed by atoms with Crippen molar-refractivity contribution in [2.75, 3.05) is 13.2 Å². The molecule has 0 atom stereocenters. The highest BCUT2D eigenvalue weighted by molar-refractivity contribution is 5.95. The van der Waals surface area contributed by atoms with Crippen molar-refractivity contribution in [3.05, 3.63) is 90.0 Å². The number of rotatable bonds is 8. The highest BCUT2D eigenvalue weighted by Crippen LogP contribution is 2.21. The molecule has 6 nitrogen and oxygen atoms in total. The zero-order valence-corrected chi connectivity index (χ0v) is 14.9. The van der Waals surface area contributed by atoms with Crippen molar-refractivity contribution in [3.63, 3.8) is 0 Å². The van der Waals surface area contributed by atoms with Crippen LogP contribution in [0.1, 0.15) is 20.7 Å². The van der Waals surface area contributed by atoms with Crippen LogP contribution in [-0.4, -0.2) is 30.3 Å². The maximum absolute atomic E-state index is 12.4. The number of carboxylic acids is 1. The van der Waals surface area contributed by atoms with Crippen molar-refractivity contribution < 1.29 is 28.9 Å². The van der Waals surface area contributed by atoms with Gasteiger partial charge in [0.15, 0.2) is 0 Å². The predicted molar refractivity (Wildman–Crippen MR) is 102 cm³/mol. The van der Waals surface area contributed by atoms with E-state index in [1.54, 1.807) is 30.3 Å². The first kappa shape index (κ1) is 19.0. The molecule has 0 spiro atoms. The second-order valence-corrected chi connectivity index (χ2v) is 5.73. The molecule has 0 bridgehead atoms. The third kappa shape index (κ3) is 5.11. The lowest BCUT2D eigenvalue weighted by Gasteiger charge is -2.10. The van der Waals surface area contributed by atoms with Crippen LogP contribution in [0.2, 0.25) is 0 Å². The van der Waals surface area contributed by atoms with Crippen LogP contribution in [0.4, 0.5) is 0 Å². The zero-order valence-electron chi connectivity index (χ0n) is 14.9. The molecular formula is C22H18O6. The van der Waals surface area contributed by atoms with E-state index >= 15 is 0 Å². The number of hydrogen-bond donors (Lipinski definition) is 1. The number of aromatic carboxylic acids is 1. The van der Waals surface area contributed by atoms with E-state index < -0.39 is 11.9 Å². The predicted octanol–water partition coefficient (Wildman–Crippen LogP) is 4.06. The minimum absolute atomic E-state index is 0.0115. The first-order valence-corrected chi connectivity index (χ1v) is 8.59. The monoisotopic (exact) mass is 378 g/mol. The largest absolute Gasteiger partial charge is 0.490 e. The van der Waals surface area contributed by atoms with Gasteiger partial charge in [-0.05, 0) is 42.5 Å². The maximum atomic E-state index is 12.4. The Hall–Kier alpha value is -3.80. The van der Waals surface area contributed by atoms with Crippen LogP contribution in [0.15, 0.2) is 78.9 Å². The molecule has 6 heteroatoms. The second kappa shape index (κ2) is 9.23. The molecule has 3 rings (SSSR count). The molecule has 0 heterocycles. The molecule has 1 N–H and O–H groups in total. The lowest BCUT2D eigenvalue weighted by molar-refractivity contribution is 0.0681. The first-order valence-electron chi connectivity index (χ1n) is 8.59. The van der Waals surface area contributed by atoms with Gasteiger partial charge in [-0.15, -0.1) is 0 Å². The number of hydrogen-bond acceptors (Lipinski definition) is 5. The normalized spacial score (nSPS) is 10.1. The van der Waals surface area contributed by atoms with Crippen molar-refractivity contribution >= 4 is 11.9 Å². The summed E-state index contributed by atoms with van der Waals surface area (Å²) >= 11 is 0. The molecule has 3 aromatic carbocycles. The second-order valence-electron chi connectivity index (χ2n) is 5.73. The molecule has 0 unspecified atom stereocenters. The number of esters is 1. The van der Waals surface area contributed by atoms with Gasteiger partial charge in [-0.2, -0.15) is 0 Å². The first-order chi connectivity index (χ1) is 13.6. The summed E-state index contributed by atoms with van der Waals surface area (Å²) in [5, 5.41) is 9.17. The van der Waals surface area contributed by atoms with Gasteiger partial charge in [0.25, 0.3) is 0 Å².